The van der Waals surface area contributed by atoms with Gasteiger partial charge in [0.05, 0.1) is 5.69 Å². The number of benzene rings is 10. The first-order valence-corrected chi connectivity index (χ1v) is 21.1. The Bertz CT molecular complexity index is 3570. The van der Waals surface area contributed by atoms with E-state index in [4.69, 9.17) is 4.42 Å². The van der Waals surface area contributed by atoms with Crippen LogP contribution >= 0.6 is 11.3 Å². The molecule has 0 saturated carbocycles. The Kier molecular flexibility index (Phi) is 8.03. The largest absolute Gasteiger partial charge is 0.456 e. The third kappa shape index (κ3) is 5.65. The lowest BCUT2D eigenvalue weighted by atomic mass is 9.92. The number of anilines is 6. The van der Waals surface area contributed by atoms with Gasteiger partial charge in [-0.2, -0.15) is 0 Å². The normalized spacial score (nSPS) is 11.7. The quantitative estimate of drug-likeness (QED) is 0.150. The average molecular weight is 785 g/mol. The summed E-state index contributed by atoms with van der Waals surface area (Å²) in [5, 5.41) is 9.62. The molecule has 2 heterocycles. The molecule has 0 radical (unpaired) electrons. The van der Waals surface area contributed by atoms with Gasteiger partial charge in [0.15, 0.2) is 0 Å². The van der Waals surface area contributed by atoms with Gasteiger partial charge in [0.2, 0.25) is 0 Å². The highest BCUT2D eigenvalue weighted by Crippen LogP contribution is 2.49. The molecule has 0 bridgehead atoms. The number of rotatable bonds is 7. The van der Waals surface area contributed by atoms with E-state index in [-0.39, 0.29) is 0 Å². The first kappa shape index (κ1) is 34.4. The standard InChI is InChI=1S/C56H36N2OS/c1-3-17-39(18-4-1)57(41-30-31-53-50(36-41)47-24-11-13-27-52(47)59-53)42-32-38(49-34-37-16-7-8-21-44(37)45-22-9-10-23-46(45)49)33-43(35-42)58(40-19-5-2-6-20-40)51-26-15-29-55-56(51)48-25-12-14-28-54(48)60-55/h1-36H. The molecule has 0 saturated heterocycles. The van der Waals surface area contributed by atoms with Crippen LogP contribution in [-0.2, 0) is 0 Å². The third-order valence-corrected chi connectivity index (χ3v) is 12.9. The minimum absolute atomic E-state index is 0.872. The lowest BCUT2D eigenvalue weighted by Crippen LogP contribution is -2.14. The van der Waals surface area contributed by atoms with Crippen LogP contribution in [0.15, 0.2) is 223 Å². The Morgan fingerprint density at radius 1 is 0.333 bits per heavy atom. The van der Waals surface area contributed by atoms with Crippen molar-refractivity contribution in [1.29, 1.82) is 0 Å². The molecule has 0 amide bonds. The van der Waals surface area contributed by atoms with Crippen molar-refractivity contribution in [1.82, 2.24) is 0 Å². The van der Waals surface area contributed by atoms with Crippen LogP contribution in [0.25, 0.3) is 74.8 Å². The zero-order valence-electron chi connectivity index (χ0n) is 32.5. The van der Waals surface area contributed by atoms with Crippen molar-refractivity contribution in [2.45, 2.75) is 0 Å². The lowest BCUT2D eigenvalue weighted by Gasteiger charge is -2.31. The van der Waals surface area contributed by atoms with Gasteiger partial charge in [-0.1, -0.05) is 127 Å². The second kappa shape index (κ2) is 14.0. The van der Waals surface area contributed by atoms with E-state index in [2.05, 4.69) is 216 Å². The molecule has 12 aromatic rings. The Hall–Kier alpha value is -7.66. The zero-order valence-corrected chi connectivity index (χ0v) is 33.3. The fraction of sp³-hybridized carbons (Fsp3) is 0. The van der Waals surface area contributed by atoms with Crippen molar-refractivity contribution in [3.8, 4) is 11.1 Å². The monoisotopic (exact) mass is 784 g/mol. The molecule has 0 aliphatic heterocycles. The molecule has 0 fully saturated rings. The van der Waals surface area contributed by atoms with Gasteiger partial charge in [-0.15, -0.1) is 11.3 Å². The van der Waals surface area contributed by atoms with Crippen LogP contribution in [0.2, 0.25) is 0 Å². The zero-order chi connectivity index (χ0) is 39.6. The van der Waals surface area contributed by atoms with E-state index >= 15 is 0 Å². The van der Waals surface area contributed by atoms with Crippen LogP contribution in [0.1, 0.15) is 0 Å². The SMILES string of the molecule is c1ccc(N(c2cc(-c3cc4ccccc4c4ccccc34)cc(N(c3ccccc3)c3cccc4sc5ccccc5c34)c2)c2ccc3oc4ccccc4c3c2)cc1. The van der Waals surface area contributed by atoms with Crippen molar-refractivity contribution >= 4 is 109 Å². The number of furan rings is 1. The number of para-hydroxylation sites is 3. The van der Waals surface area contributed by atoms with Gasteiger partial charge < -0.3 is 14.2 Å². The number of thiophene rings is 1. The Morgan fingerprint density at radius 3 is 1.73 bits per heavy atom. The summed E-state index contributed by atoms with van der Waals surface area (Å²) in [4.78, 5) is 4.84. The second-order valence-corrected chi connectivity index (χ2v) is 16.4. The van der Waals surface area contributed by atoms with E-state index in [0.29, 0.717) is 0 Å². The highest BCUT2D eigenvalue weighted by molar-refractivity contribution is 7.26. The first-order valence-electron chi connectivity index (χ1n) is 20.3. The summed E-state index contributed by atoms with van der Waals surface area (Å²) in [5.41, 5.74) is 10.5. The molecule has 4 heteroatoms. The van der Waals surface area contributed by atoms with Gasteiger partial charge in [-0.25, -0.2) is 0 Å². The van der Waals surface area contributed by atoms with Crippen molar-refractivity contribution in [3.05, 3.63) is 218 Å². The van der Waals surface area contributed by atoms with Gasteiger partial charge in [0.25, 0.3) is 0 Å². The van der Waals surface area contributed by atoms with Crippen molar-refractivity contribution in [3.63, 3.8) is 0 Å². The average Bonchev–Trinajstić information content (AvgIpc) is 3.88. The summed E-state index contributed by atoms with van der Waals surface area (Å²) in [6, 6.07) is 79.0. The minimum Gasteiger partial charge on any atom is -0.456 e. The molecule has 0 N–H and O–H groups in total. The molecule has 0 aliphatic carbocycles. The Labute approximate surface area is 351 Å². The fourth-order valence-corrected chi connectivity index (χ4v) is 10.3. The highest BCUT2D eigenvalue weighted by Gasteiger charge is 2.23. The van der Waals surface area contributed by atoms with Crippen molar-refractivity contribution in [2.24, 2.45) is 0 Å². The van der Waals surface area contributed by atoms with Gasteiger partial charge in [-0.05, 0) is 124 Å². The summed E-state index contributed by atoms with van der Waals surface area (Å²) in [7, 11) is 0. The van der Waals surface area contributed by atoms with Gasteiger partial charge in [-0.3, -0.25) is 0 Å². The number of fused-ring (bicyclic) bond motifs is 9. The smallest absolute Gasteiger partial charge is 0.135 e. The third-order valence-electron chi connectivity index (χ3n) is 11.8. The molecule has 0 aliphatic rings. The first-order chi connectivity index (χ1) is 29.7. The van der Waals surface area contributed by atoms with Crippen molar-refractivity contribution < 1.29 is 4.42 Å². The summed E-state index contributed by atoms with van der Waals surface area (Å²) < 4.78 is 8.88. The fourth-order valence-electron chi connectivity index (χ4n) is 9.13. The molecule has 3 nitrogen and oxygen atoms in total. The predicted octanol–water partition coefficient (Wildman–Crippen LogP) is 16.9. The molecular formula is C56H36N2OS. The lowest BCUT2D eigenvalue weighted by molar-refractivity contribution is 0.669. The van der Waals surface area contributed by atoms with Crippen LogP contribution < -0.4 is 9.80 Å². The molecule has 282 valence electrons. The molecular weight excluding hydrogens is 749 g/mol. The van der Waals surface area contributed by atoms with E-state index in [9.17, 15) is 0 Å². The molecule has 0 unspecified atom stereocenters. The molecule has 2 aromatic heterocycles. The maximum absolute atomic E-state index is 6.33. The molecule has 10 aromatic carbocycles. The number of nitrogens with zero attached hydrogens (tertiary/aromatic N) is 2. The Balaban J connectivity index is 1.18. The number of hydrogen-bond acceptors (Lipinski definition) is 4. The van der Waals surface area contributed by atoms with Crippen LogP contribution in [0.4, 0.5) is 34.1 Å². The maximum Gasteiger partial charge on any atom is 0.135 e. The number of hydrogen-bond donors (Lipinski definition) is 0. The maximum atomic E-state index is 6.33. The summed E-state index contributed by atoms with van der Waals surface area (Å²) in [5.74, 6) is 0. The van der Waals surface area contributed by atoms with Crippen molar-refractivity contribution in [2.75, 3.05) is 9.80 Å². The minimum atomic E-state index is 0.872. The van der Waals surface area contributed by atoms with Gasteiger partial charge >= 0.3 is 0 Å². The molecule has 0 atom stereocenters. The molecule has 12 rings (SSSR count). The Morgan fingerprint density at radius 2 is 0.933 bits per heavy atom. The molecule has 60 heavy (non-hydrogen) atoms. The van der Waals surface area contributed by atoms with Crippen LogP contribution in [0.3, 0.4) is 0 Å². The van der Waals surface area contributed by atoms with E-state index in [1.54, 1.807) is 0 Å². The topological polar surface area (TPSA) is 19.6 Å². The summed E-state index contributed by atoms with van der Waals surface area (Å²) >= 11 is 1.85. The molecule has 0 spiro atoms. The predicted molar refractivity (Wildman–Crippen MR) is 256 cm³/mol. The summed E-state index contributed by atoms with van der Waals surface area (Å²) in [6.45, 7) is 0. The van der Waals surface area contributed by atoms with Gasteiger partial charge in [0.1, 0.15) is 11.2 Å². The van der Waals surface area contributed by atoms with Gasteiger partial charge in [0, 0.05) is 59.4 Å². The van der Waals surface area contributed by atoms with Crippen LogP contribution in [-0.4, -0.2) is 0 Å². The van der Waals surface area contributed by atoms with E-state index in [0.717, 1.165) is 61.6 Å². The second-order valence-electron chi connectivity index (χ2n) is 15.3. The van der Waals surface area contributed by atoms with Crippen LogP contribution in [0, 0.1) is 0 Å². The van der Waals surface area contributed by atoms with E-state index < -0.39 is 0 Å². The van der Waals surface area contributed by atoms with Crippen LogP contribution in [0.5, 0.6) is 0 Å². The highest BCUT2D eigenvalue weighted by atomic mass is 32.1. The van der Waals surface area contributed by atoms with E-state index in [1.807, 2.05) is 23.5 Å². The summed E-state index contributed by atoms with van der Waals surface area (Å²) in [6.07, 6.45) is 0. The van der Waals surface area contributed by atoms with E-state index in [1.165, 1.54) is 47.3 Å².